The molecule has 0 radical (unpaired) electrons. The first-order chi connectivity index (χ1) is 39.0. The maximum atomic E-state index is 14.4. The van der Waals surface area contributed by atoms with E-state index in [2.05, 4.69) is 25.5 Å². The third-order valence-electron chi connectivity index (χ3n) is 14.3. The van der Waals surface area contributed by atoms with Crippen LogP contribution in [0.1, 0.15) is 84.4 Å². The van der Waals surface area contributed by atoms with E-state index in [4.69, 9.17) is 44.1 Å². The molecule has 0 amide bonds. The molecule has 8 rings (SSSR count). The first kappa shape index (κ1) is 60.2. The smallest absolute Gasteiger partial charge is 0.338 e. The van der Waals surface area contributed by atoms with Crippen LogP contribution in [0.5, 0.6) is 0 Å². The van der Waals surface area contributed by atoms with Gasteiger partial charge in [0.15, 0.2) is 27.6 Å². The first-order valence-electron chi connectivity index (χ1n) is 26.8. The number of nitrogens with zero attached hydrogens (tertiary/aromatic N) is 6. The molecule has 4 aliphatic heterocycles. The number of aliphatic carboxylic acids is 1. The third-order valence-corrected chi connectivity index (χ3v) is 15.9. The van der Waals surface area contributed by atoms with Crippen molar-refractivity contribution >= 4 is 64.2 Å². The van der Waals surface area contributed by atoms with Crippen LogP contribution in [0.15, 0.2) is 92.1 Å². The van der Waals surface area contributed by atoms with E-state index in [9.17, 15) is 37.9 Å². The standard InChI is InChI=1S/C56H67F2N9O12S2/c1-6-75-54(71)43-41(62-48(50-60-14-21-80-50)64-46(43)38-12-10-34(57)23-32(38)4)27-66-16-20-77-37(26-66)30-79-56(73)45(59)31(3)9-8-18-78-53(70)40(52(68)69)25-36-29-74-19-17-67(36)28-42-44(55(72)76-7-2)47(39-13-11-35(58)24-33(39)5)65-49(63-42)51-61-15-22-81-51/h10-15,21-24,31,36-37,40,45-47H,6-9,16-20,25-30,59H2,1-5H3,(H,62,64)(H,63,65)(H,68,69)/t31?,36?,37-,40?,45-,46?,47?/m0/s1. The van der Waals surface area contributed by atoms with Gasteiger partial charge in [-0.2, -0.15) is 0 Å². The molecule has 2 fully saturated rings. The molecule has 4 aliphatic rings. The summed E-state index contributed by atoms with van der Waals surface area (Å²) in [7, 11) is 0. The first-order valence-corrected chi connectivity index (χ1v) is 28.6. The average molecular weight is 1160 g/mol. The van der Waals surface area contributed by atoms with Crippen LogP contribution >= 0.6 is 22.7 Å². The quantitative estimate of drug-likeness (QED) is 0.0299. The number of esters is 4. The Balaban J connectivity index is 0.848. The van der Waals surface area contributed by atoms with E-state index in [1.165, 1.54) is 46.9 Å². The van der Waals surface area contributed by atoms with E-state index in [1.807, 2.05) is 10.3 Å². The van der Waals surface area contributed by atoms with Gasteiger partial charge in [0.2, 0.25) is 0 Å². The lowest BCUT2D eigenvalue weighted by molar-refractivity contribution is -0.161. The minimum absolute atomic E-state index is 0.0741. The SMILES string of the molecule is CCOC(=O)C1=C(CN2CCO[C@H](COC(=O)[C@@H](N)C(C)CCCOC(=O)C(CC3COCCN3CC3=C(C(=O)OCC)C(c4ccc(F)cc4C)N=C(c4nccs4)N3)C(=O)O)C2)NC(c2nccs2)=NC1c1ccc(F)cc1C. The Labute approximate surface area is 475 Å². The van der Waals surface area contributed by atoms with Crippen molar-refractivity contribution in [2.24, 2.45) is 27.6 Å². The molecule has 5 N–H and O–H groups in total. The molecule has 0 spiro atoms. The van der Waals surface area contributed by atoms with E-state index < -0.39 is 83.6 Å². The Morgan fingerprint density at radius 3 is 1.91 bits per heavy atom. The predicted octanol–water partition coefficient (Wildman–Crippen LogP) is 5.33. The number of hydrogen-bond donors (Lipinski definition) is 4. The van der Waals surface area contributed by atoms with Gasteiger partial charge in [0.1, 0.15) is 42.5 Å². The molecular formula is C56H67F2N9O12S2. The zero-order chi connectivity index (χ0) is 57.7. The monoisotopic (exact) mass is 1160 g/mol. The highest BCUT2D eigenvalue weighted by atomic mass is 32.1. The fourth-order valence-electron chi connectivity index (χ4n) is 10.1. The van der Waals surface area contributed by atoms with Crippen LogP contribution in [0, 0.1) is 37.3 Å². The summed E-state index contributed by atoms with van der Waals surface area (Å²) >= 11 is 2.71. The lowest BCUT2D eigenvalue weighted by Gasteiger charge is -2.38. The Hall–Kier alpha value is -6.87. The number of aromatic nitrogens is 2. The fraction of sp³-hybridized carbons (Fsp3) is 0.482. The Morgan fingerprint density at radius 2 is 1.38 bits per heavy atom. The van der Waals surface area contributed by atoms with Gasteiger partial charge in [0.05, 0.1) is 50.8 Å². The number of benzene rings is 2. The van der Waals surface area contributed by atoms with Crippen LogP contribution in [0.2, 0.25) is 0 Å². The van der Waals surface area contributed by atoms with Crippen LogP contribution in [0.3, 0.4) is 0 Å². The molecule has 2 aromatic heterocycles. The molecular weight excluding hydrogens is 1090 g/mol. The number of aryl methyl sites for hydroxylation is 2. The van der Waals surface area contributed by atoms with Crippen molar-refractivity contribution < 1.29 is 66.3 Å². The van der Waals surface area contributed by atoms with E-state index in [0.29, 0.717) is 94.6 Å². The average Bonchev–Trinajstić information content (AvgIpc) is 4.34. The molecule has 0 bridgehead atoms. The van der Waals surface area contributed by atoms with Gasteiger partial charge in [-0.15, -0.1) is 22.7 Å². The summed E-state index contributed by atoms with van der Waals surface area (Å²) in [6, 6.07) is 5.24. The summed E-state index contributed by atoms with van der Waals surface area (Å²) in [6.07, 6.45) is 3.16. The second-order valence-electron chi connectivity index (χ2n) is 19.9. The molecule has 0 aliphatic carbocycles. The lowest BCUT2D eigenvalue weighted by Crippen LogP contribution is -2.50. The zero-order valence-electron chi connectivity index (χ0n) is 45.7. The maximum absolute atomic E-state index is 14.4. The number of morpholine rings is 2. The second-order valence-corrected chi connectivity index (χ2v) is 21.7. The van der Waals surface area contributed by atoms with Gasteiger partial charge in [-0.05, 0) is 99.4 Å². The summed E-state index contributed by atoms with van der Waals surface area (Å²) in [4.78, 5) is 89.8. The number of amidine groups is 2. The molecule has 2 aromatic carbocycles. The number of carboxylic acids is 1. The molecule has 2 saturated heterocycles. The number of carboxylic acid groups (broad SMARTS) is 1. The summed E-state index contributed by atoms with van der Waals surface area (Å²) in [5, 5.41) is 21.7. The minimum Gasteiger partial charge on any atom is -0.481 e. The van der Waals surface area contributed by atoms with Gasteiger partial charge in [-0.1, -0.05) is 19.1 Å². The number of nitrogens with two attached hydrogens (primary N) is 1. The molecule has 21 nitrogen and oxygen atoms in total. The summed E-state index contributed by atoms with van der Waals surface area (Å²) in [5.41, 5.74) is 10.2. The Kier molecular flexibility index (Phi) is 21.0. The van der Waals surface area contributed by atoms with Crippen molar-refractivity contribution in [1.82, 2.24) is 30.4 Å². The molecule has 4 aromatic rings. The molecule has 25 heteroatoms. The van der Waals surface area contributed by atoms with Gasteiger partial charge in [-0.25, -0.2) is 28.3 Å². The van der Waals surface area contributed by atoms with Crippen molar-refractivity contribution in [2.45, 2.75) is 84.2 Å². The number of carbonyl (C=O) groups is 5. The molecule has 6 heterocycles. The van der Waals surface area contributed by atoms with Crippen LogP contribution in [-0.4, -0.2) is 164 Å². The number of nitrogens with one attached hydrogen (secondary N) is 2. The highest BCUT2D eigenvalue weighted by molar-refractivity contribution is 7.12. The van der Waals surface area contributed by atoms with Crippen LogP contribution in [0.4, 0.5) is 8.78 Å². The van der Waals surface area contributed by atoms with Crippen LogP contribution in [0.25, 0.3) is 0 Å². The van der Waals surface area contributed by atoms with Gasteiger partial charge < -0.3 is 49.9 Å². The third kappa shape index (κ3) is 15.2. The van der Waals surface area contributed by atoms with Crippen LogP contribution in [-0.2, 0) is 52.4 Å². The van der Waals surface area contributed by atoms with E-state index in [1.54, 1.807) is 64.5 Å². The van der Waals surface area contributed by atoms with Gasteiger partial charge >= 0.3 is 29.8 Å². The molecule has 7 atom stereocenters. The molecule has 81 heavy (non-hydrogen) atoms. The van der Waals surface area contributed by atoms with Gasteiger partial charge in [-0.3, -0.25) is 34.2 Å². The van der Waals surface area contributed by atoms with Crippen molar-refractivity contribution in [3.8, 4) is 0 Å². The number of hydrogen-bond acceptors (Lipinski definition) is 22. The van der Waals surface area contributed by atoms with Gasteiger partial charge in [0, 0.05) is 73.3 Å². The number of aliphatic imine (C=N–C) groups is 2. The second kappa shape index (κ2) is 28.2. The van der Waals surface area contributed by atoms with Crippen molar-refractivity contribution in [1.29, 1.82) is 0 Å². The topological polar surface area (TPSA) is 268 Å². The fourth-order valence-corrected chi connectivity index (χ4v) is 11.3. The Morgan fingerprint density at radius 1 is 0.802 bits per heavy atom. The number of carbonyl (C=O) groups excluding carboxylic acids is 4. The van der Waals surface area contributed by atoms with E-state index in [0.717, 1.165) is 0 Å². The van der Waals surface area contributed by atoms with E-state index >= 15 is 0 Å². The van der Waals surface area contributed by atoms with Gasteiger partial charge in [0.25, 0.3) is 0 Å². The lowest BCUT2D eigenvalue weighted by atomic mass is 9.91. The summed E-state index contributed by atoms with van der Waals surface area (Å²) in [6.45, 7) is 10.7. The number of halogens is 2. The number of thiazole rings is 2. The number of ether oxygens (including phenoxy) is 6. The normalized spacial score (nSPS) is 20.9. The summed E-state index contributed by atoms with van der Waals surface area (Å²) in [5.74, 6) is -6.20. The van der Waals surface area contributed by atoms with Crippen molar-refractivity contribution in [3.05, 3.63) is 126 Å². The molecule has 434 valence electrons. The Bertz CT molecular complexity index is 3030. The predicted molar refractivity (Wildman–Crippen MR) is 295 cm³/mol. The zero-order valence-corrected chi connectivity index (χ0v) is 47.3. The van der Waals surface area contributed by atoms with Crippen molar-refractivity contribution in [3.63, 3.8) is 0 Å². The largest absolute Gasteiger partial charge is 0.481 e. The minimum atomic E-state index is -1.57. The number of rotatable bonds is 24. The van der Waals surface area contributed by atoms with Crippen LogP contribution < -0.4 is 16.4 Å². The van der Waals surface area contributed by atoms with E-state index in [-0.39, 0.29) is 70.1 Å². The summed E-state index contributed by atoms with van der Waals surface area (Å²) < 4.78 is 62.7. The molecule has 0 saturated carbocycles. The highest BCUT2D eigenvalue weighted by Gasteiger charge is 2.40. The molecule has 5 unspecified atom stereocenters. The maximum Gasteiger partial charge on any atom is 0.338 e. The van der Waals surface area contributed by atoms with Crippen molar-refractivity contribution in [2.75, 3.05) is 79.0 Å². The highest BCUT2D eigenvalue weighted by Crippen LogP contribution is 2.37.